The monoisotopic (exact) mass is 331 g/mol. The van der Waals surface area contributed by atoms with Crippen LogP contribution >= 0.6 is 0 Å². The number of terminal acetylenes is 1. The minimum Gasteiger partial charge on any atom is -0.324 e. The van der Waals surface area contributed by atoms with Crippen molar-refractivity contribution in [3.63, 3.8) is 0 Å². The van der Waals surface area contributed by atoms with Gasteiger partial charge in [0.1, 0.15) is 5.56 Å². The van der Waals surface area contributed by atoms with Gasteiger partial charge < -0.3 is 4.90 Å². The van der Waals surface area contributed by atoms with Crippen LogP contribution in [0.3, 0.4) is 0 Å². The maximum absolute atomic E-state index is 12.5. The van der Waals surface area contributed by atoms with Gasteiger partial charge in [-0.25, -0.2) is 4.79 Å². The molecule has 0 bridgehead atoms. The summed E-state index contributed by atoms with van der Waals surface area (Å²) in [6.45, 7) is 4.97. The zero-order valence-electron chi connectivity index (χ0n) is 14.1. The summed E-state index contributed by atoms with van der Waals surface area (Å²) in [5, 5.41) is 11.0. The second kappa shape index (κ2) is 8.67. The van der Waals surface area contributed by atoms with Crippen molar-refractivity contribution in [1.82, 2.24) is 9.80 Å². The van der Waals surface area contributed by atoms with Gasteiger partial charge in [0.2, 0.25) is 0 Å². The Hall–Kier alpha value is -2.88. The van der Waals surface area contributed by atoms with Crippen LogP contribution in [0.15, 0.2) is 18.2 Å². The van der Waals surface area contributed by atoms with E-state index in [1.165, 1.54) is 19.2 Å². The molecule has 0 N–H and O–H groups in total. The fourth-order valence-electron chi connectivity index (χ4n) is 2.27. The lowest BCUT2D eigenvalue weighted by Crippen LogP contribution is -2.44. The number of carbonyl (C=O) groups excluding carboxylic acids is 2. The van der Waals surface area contributed by atoms with E-state index in [9.17, 15) is 19.7 Å². The molecule has 0 unspecified atom stereocenters. The molecule has 24 heavy (non-hydrogen) atoms. The Morgan fingerprint density at radius 2 is 1.83 bits per heavy atom. The van der Waals surface area contributed by atoms with Gasteiger partial charge in [-0.15, -0.1) is 6.42 Å². The fraction of sp³-hybridized carbons (Fsp3) is 0.412. The third-order valence-electron chi connectivity index (χ3n) is 3.45. The summed E-state index contributed by atoms with van der Waals surface area (Å²) in [4.78, 5) is 37.9. The van der Waals surface area contributed by atoms with Gasteiger partial charge in [0.05, 0.1) is 4.92 Å². The van der Waals surface area contributed by atoms with Crippen LogP contribution in [0.2, 0.25) is 0 Å². The van der Waals surface area contributed by atoms with Crippen molar-refractivity contribution in [2.45, 2.75) is 26.7 Å². The summed E-state index contributed by atoms with van der Waals surface area (Å²) in [6, 6.07) is 3.40. The van der Waals surface area contributed by atoms with Gasteiger partial charge >= 0.3 is 6.03 Å². The number of nitro groups is 1. The van der Waals surface area contributed by atoms with E-state index in [1.54, 1.807) is 4.90 Å². The third-order valence-corrected chi connectivity index (χ3v) is 3.45. The summed E-state index contributed by atoms with van der Waals surface area (Å²) in [5.41, 5.74) is -0.197. The fourth-order valence-corrected chi connectivity index (χ4v) is 2.27. The molecule has 1 aromatic carbocycles. The number of nitrogens with zero attached hydrogens (tertiary/aromatic N) is 3. The number of nitro benzene ring substituents is 1. The molecule has 128 valence electrons. The third kappa shape index (κ3) is 4.32. The molecule has 0 heterocycles. The Labute approximate surface area is 141 Å². The first-order chi connectivity index (χ1) is 11.4. The number of imide groups is 1. The van der Waals surface area contributed by atoms with Crippen molar-refractivity contribution in [1.29, 1.82) is 0 Å². The standard InChI is InChI=1S/C17H21N3O4/c1-5-10-19(11-6-2)17(22)18(4)16(21)14-9-8-13(7-3)15(12-14)20(23)24/h3,8-9,12H,5-6,10-11H2,1-2,4H3. The lowest BCUT2D eigenvalue weighted by Gasteiger charge is -2.26. The van der Waals surface area contributed by atoms with E-state index in [4.69, 9.17) is 6.42 Å². The summed E-state index contributed by atoms with van der Waals surface area (Å²) >= 11 is 0. The van der Waals surface area contributed by atoms with Crippen LogP contribution in [0.4, 0.5) is 10.5 Å². The van der Waals surface area contributed by atoms with Gasteiger partial charge in [-0.1, -0.05) is 19.8 Å². The van der Waals surface area contributed by atoms with E-state index in [0.717, 1.165) is 23.8 Å². The molecule has 1 aromatic rings. The molecule has 0 spiro atoms. The van der Waals surface area contributed by atoms with Gasteiger partial charge in [0.15, 0.2) is 0 Å². The second-order valence-electron chi connectivity index (χ2n) is 5.27. The average molecular weight is 331 g/mol. The number of benzene rings is 1. The molecular formula is C17H21N3O4. The molecule has 0 saturated heterocycles. The van der Waals surface area contributed by atoms with Gasteiger partial charge in [-0.2, -0.15) is 0 Å². The molecule has 7 heteroatoms. The van der Waals surface area contributed by atoms with Crippen LogP contribution in [0.25, 0.3) is 0 Å². The minimum absolute atomic E-state index is 0.0458. The normalized spacial score (nSPS) is 9.92. The number of hydrogen-bond acceptors (Lipinski definition) is 4. The van der Waals surface area contributed by atoms with Crippen molar-refractivity contribution in [3.8, 4) is 12.3 Å². The largest absolute Gasteiger partial charge is 0.326 e. The van der Waals surface area contributed by atoms with Crippen LogP contribution in [-0.2, 0) is 0 Å². The molecule has 0 aliphatic rings. The zero-order chi connectivity index (χ0) is 18.3. The molecule has 7 nitrogen and oxygen atoms in total. The molecule has 3 amide bonds. The Balaban J connectivity index is 3.08. The first-order valence-corrected chi connectivity index (χ1v) is 7.69. The molecule has 0 saturated carbocycles. The Morgan fingerprint density at radius 1 is 1.25 bits per heavy atom. The smallest absolute Gasteiger partial charge is 0.324 e. The lowest BCUT2D eigenvalue weighted by atomic mass is 10.1. The van der Waals surface area contributed by atoms with Gasteiger partial charge in [0.25, 0.3) is 11.6 Å². The molecular weight excluding hydrogens is 310 g/mol. The molecule has 1 rings (SSSR count). The van der Waals surface area contributed by atoms with Crippen molar-refractivity contribution in [2.24, 2.45) is 0 Å². The van der Waals surface area contributed by atoms with Crippen LogP contribution in [0.1, 0.15) is 42.6 Å². The van der Waals surface area contributed by atoms with Crippen LogP contribution in [-0.4, -0.2) is 46.8 Å². The van der Waals surface area contributed by atoms with E-state index >= 15 is 0 Å². The first kappa shape index (κ1) is 19.2. The van der Waals surface area contributed by atoms with Crippen molar-refractivity contribution < 1.29 is 14.5 Å². The maximum Gasteiger partial charge on any atom is 0.326 e. The Morgan fingerprint density at radius 3 is 2.29 bits per heavy atom. The van der Waals surface area contributed by atoms with Crippen molar-refractivity contribution in [2.75, 3.05) is 20.1 Å². The lowest BCUT2D eigenvalue weighted by molar-refractivity contribution is -0.385. The van der Waals surface area contributed by atoms with Crippen LogP contribution in [0, 0.1) is 22.5 Å². The van der Waals surface area contributed by atoms with E-state index in [0.29, 0.717) is 13.1 Å². The van der Waals surface area contributed by atoms with E-state index < -0.39 is 16.9 Å². The molecule has 0 atom stereocenters. The predicted molar refractivity (Wildman–Crippen MR) is 90.7 cm³/mol. The van der Waals surface area contributed by atoms with Gasteiger partial charge in [0, 0.05) is 31.8 Å². The van der Waals surface area contributed by atoms with Crippen LogP contribution in [0.5, 0.6) is 0 Å². The van der Waals surface area contributed by atoms with E-state index in [2.05, 4.69) is 5.92 Å². The average Bonchev–Trinajstić information content (AvgIpc) is 2.58. The summed E-state index contributed by atoms with van der Waals surface area (Å²) < 4.78 is 0. The summed E-state index contributed by atoms with van der Waals surface area (Å²) in [5.74, 6) is 1.60. The highest BCUT2D eigenvalue weighted by Crippen LogP contribution is 2.20. The topological polar surface area (TPSA) is 83.8 Å². The SMILES string of the molecule is C#Cc1ccc(C(=O)N(C)C(=O)N(CCC)CCC)cc1[N+](=O)[O-]. The highest BCUT2D eigenvalue weighted by Gasteiger charge is 2.25. The predicted octanol–water partition coefficient (Wildman–Crippen LogP) is 2.89. The van der Waals surface area contributed by atoms with Crippen molar-refractivity contribution in [3.05, 3.63) is 39.4 Å². The second-order valence-corrected chi connectivity index (χ2v) is 5.27. The summed E-state index contributed by atoms with van der Waals surface area (Å²) in [6.07, 6.45) is 6.77. The number of rotatable bonds is 6. The van der Waals surface area contributed by atoms with Gasteiger partial charge in [-0.3, -0.25) is 19.8 Å². The van der Waals surface area contributed by atoms with E-state index in [-0.39, 0.29) is 16.8 Å². The zero-order valence-corrected chi connectivity index (χ0v) is 14.1. The highest BCUT2D eigenvalue weighted by molar-refractivity contribution is 6.04. The van der Waals surface area contributed by atoms with Gasteiger partial charge in [-0.05, 0) is 25.0 Å². The first-order valence-electron chi connectivity index (χ1n) is 7.69. The molecule has 0 aliphatic carbocycles. The quantitative estimate of drug-likeness (QED) is 0.456. The molecule has 0 aromatic heterocycles. The number of urea groups is 1. The Bertz CT molecular complexity index is 673. The Kier molecular flexibility index (Phi) is 6.93. The highest BCUT2D eigenvalue weighted by atomic mass is 16.6. The molecule has 0 aliphatic heterocycles. The number of hydrogen-bond donors (Lipinski definition) is 0. The molecule has 0 radical (unpaired) electrons. The number of amides is 3. The minimum atomic E-state index is -0.645. The van der Waals surface area contributed by atoms with Crippen molar-refractivity contribution >= 4 is 17.6 Å². The maximum atomic E-state index is 12.5. The van der Waals surface area contributed by atoms with Crippen LogP contribution < -0.4 is 0 Å². The molecule has 0 fully saturated rings. The van der Waals surface area contributed by atoms with E-state index in [1.807, 2.05) is 13.8 Å². The summed E-state index contributed by atoms with van der Waals surface area (Å²) in [7, 11) is 1.36. The number of carbonyl (C=O) groups is 2.